The van der Waals surface area contributed by atoms with Gasteiger partial charge in [-0.05, 0) is 54.6 Å². The van der Waals surface area contributed by atoms with Crippen LogP contribution in [0.1, 0.15) is 0 Å². The number of benzene rings is 8. The van der Waals surface area contributed by atoms with Crippen molar-refractivity contribution < 1.29 is 4.42 Å². The first kappa shape index (κ1) is 31.5. The molecule has 0 fully saturated rings. The van der Waals surface area contributed by atoms with E-state index in [-0.39, 0.29) is 0 Å². The highest BCUT2D eigenvalue weighted by Crippen LogP contribution is 2.43. The normalized spacial score (nSPS) is 11.9. The second-order valence-corrected chi connectivity index (χ2v) is 14.4. The Kier molecular flexibility index (Phi) is 6.83. The van der Waals surface area contributed by atoms with E-state index in [0.717, 1.165) is 82.8 Å². The smallest absolute Gasteiger partial charge is 0.164 e. The second-order valence-electron chi connectivity index (χ2n) is 14.4. The number of hydrogen-bond donors (Lipinski definition) is 0. The van der Waals surface area contributed by atoms with Gasteiger partial charge in [0.2, 0.25) is 0 Å². The second kappa shape index (κ2) is 12.3. The lowest BCUT2D eigenvalue weighted by atomic mass is 10.1. The average Bonchev–Trinajstić information content (AvgIpc) is 3.94. The standard InChI is InChI=1S/C51H31N5O/c1-4-15-32(16-5-1)49-52-50(33-17-6-2-7-18-33)54-51(53-49)34-19-14-22-36(29-34)55-43-25-12-10-23-37(43)41-30-45-42(31-44(41)55)39-27-28-40-38-24-11-13-26-46(38)57-48(40)47(39)56(45)35-20-8-3-9-21-35/h1-31H. The van der Waals surface area contributed by atoms with Crippen molar-refractivity contribution in [1.29, 1.82) is 0 Å². The largest absolute Gasteiger partial charge is 0.454 e. The van der Waals surface area contributed by atoms with Crippen molar-refractivity contribution in [2.45, 2.75) is 0 Å². The van der Waals surface area contributed by atoms with Crippen LogP contribution in [0.15, 0.2) is 192 Å². The zero-order chi connectivity index (χ0) is 37.5. The highest BCUT2D eigenvalue weighted by Gasteiger charge is 2.22. The molecule has 0 aliphatic rings. The molecule has 0 saturated heterocycles. The van der Waals surface area contributed by atoms with Crippen LogP contribution in [-0.2, 0) is 0 Å². The van der Waals surface area contributed by atoms with Gasteiger partial charge in [-0.2, -0.15) is 0 Å². The lowest BCUT2D eigenvalue weighted by Gasteiger charge is -2.12. The van der Waals surface area contributed by atoms with Crippen LogP contribution in [-0.4, -0.2) is 24.1 Å². The summed E-state index contributed by atoms with van der Waals surface area (Å²) < 4.78 is 11.4. The van der Waals surface area contributed by atoms with Gasteiger partial charge in [-0.25, -0.2) is 15.0 Å². The minimum absolute atomic E-state index is 0.619. The molecule has 0 atom stereocenters. The van der Waals surface area contributed by atoms with E-state index < -0.39 is 0 Å². The van der Waals surface area contributed by atoms with Crippen molar-refractivity contribution >= 4 is 65.6 Å². The molecule has 0 aliphatic heterocycles. The number of hydrogen-bond acceptors (Lipinski definition) is 4. The zero-order valence-electron chi connectivity index (χ0n) is 30.5. The number of para-hydroxylation sites is 3. The van der Waals surface area contributed by atoms with Gasteiger partial charge in [0, 0.05) is 60.4 Å². The molecular formula is C51H31N5O. The molecule has 0 saturated carbocycles. The first-order valence-corrected chi connectivity index (χ1v) is 19.1. The predicted octanol–water partition coefficient (Wildman–Crippen LogP) is 13.0. The summed E-state index contributed by atoms with van der Waals surface area (Å²) in [5.41, 5.74) is 11.1. The van der Waals surface area contributed by atoms with Gasteiger partial charge in [0.1, 0.15) is 5.58 Å². The summed E-state index contributed by atoms with van der Waals surface area (Å²) in [5.74, 6) is 1.89. The molecule has 8 aromatic carbocycles. The molecule has 6 heteroatoms. The van der Waals surface area contributed by atoms with E-state index in [9.17, 15) is 0 Å². The summed E-state index contributed by atoms with van der Waals surface area (Å²) in [4.78, 5) is 15.0. The first-order chi connectivity index (χ1) is 28.3. The summed E-state index contributed by atoms with van der Waals surface area (Å²) in [6.45, 7) is 0. The number of rotatable bonds is 5. The van der Waals surface area contributed by atoms with Crippen molar-refractivity contribution in [2.75, 3.05) is 0 Å². The third-order valence-electron chi connectivity index (χ3n) is 11.1. The minimum Gasteiger partial charge on any atom is -0.454 e. The van der Waals surface area contributed by atoms with Crippen LogP contribution in [0.25, 0.3) is 111 Å². The molecule has 4 aromatic heterocycles. The lowest BCUT2D eigenvalue weighted by molar-refractivity contribution is 0.671. The van der Waals surface area contributed by atoms with Gasteiger partial charge < -0.3 is 13.6 Å². The van der Waals surface area contributed by atoms with Gasteiger partial charge >= 0.3 is 0 Å². The number of aromatic nitrogens is 5. The monoisotopic (exact) mass is 729 g/mol. The van der Waals surface area contributed by atoms with Crippen molar-refractivity contribution in [3.8, 4) is 45.5 Å². The van der Waals surface area contributed by atoms with Gasteiger partial charge in [-0.3, -0.25) is 0 Å². The van der Waals surface area contributed by atoms with E-state index >= 15 is 0 Å². The molecule has 57 heavy (non-hydrogen) atoms. The molecule has 0 amide bonds. The van der Waals surface area contributed by atoms with Gasteiger partial charge in [-0.1, -0.05) is 133 Å². The Hall–Kier alpha value is -7.83. The number of fused-ring (bicyclic) bond motifs is 10. The highest BCUT2D eigenvalue weighted by molar-refractivity contribution is 6.24. The lowest BCUT2D eigenvalue weighted by Crippen LogP contribution is -2.01. The van der Waals surface area contributed by atoms with E-state index in [0.29, 0.717) is 17.5 Å². The Morgan fingerprint density at radius 2 is 0.860 bits per heavy atom. The summed E-state index contributed by atoms with van der Waals surface area (Å²) in [7, 11) is 0. The summed E-state index contributed by atoms with van der Waals surface area (Å²) in [5, 5.41) is 6.87. The molecule has 4 heterocycles. The fourth-order valence-corrected chi connectivity index (χ4v) is 8.58. The summed E-state index contributed by atoms with van der Waals surface area (Å²) in [6.07, 6.45) is 0. The van der Waals surface area contributed by atoms with Gasteiger partial charge in [0.05, 0.1) is 22.1 Å². The highest BCUT2D eigenvalue weighted by atomic mass is 16.3. The zero-order valence-corrected chi connectivity index (χ0v) is 30.5. The molecule has 6 nitrogen and oxygen atoms in total. The van der Waals surface area contributed by atoms with Crippen molar-refractivity contribution in [1.82, 2.24) is 24.1 Å². The molecule has 0 spiro atoms. The van der Waals surface area contributed by atoms with E-state index in [4.69, 9.17) is 19.4 Å². The Bertz CT molecular complexity index is 3450. The maximum Gasteiger partial charge on any atom is 0.164 e. The average molecular weight is 730 g/mol. The summed E-state index contributed by atoms with van der Waals surface area (Å²) in [6, 6.07) is 65.5. The third-order valence-corrected chi connectivity index (χ3v) is 11.1. The molecule has 0 aliphatic carbocycles. The van der Waals surface area contributed by atoms with Crippen LogP contribution in [0, 0.1) is 0 Å². The fourth-order valence-electron chi connectivity index (χ4n) is 8.58. The molecule has 0 N–H and O–H groups in total. The van der Waals surface area contributed by atoms with Gasteiger partial charge in [0.15, 0.2) is 23.1 Å². The molecule has 12 rings (SSSR count). The molecule has 0 bridgehead atoms. The van der Waals surface area contributed by atoms with Crippen LogP contribution in [0.3, 0.4) is 0 Å². The predicted molar refractivity (Wildman–Crippen MR) is 232 cm³/mol. The van der Waals surface area contributed by atoms with E-state index in [1.165, 1.54) is 10.8 Å². The number of furan rings is 1. The van der Waals surface area contributed by atoms with Crippen LogP contribution in [0.2, 0.25) is 0 Å². The van der Waals surface area contributed by atoms with Crippen LogP contribution in [0.4, 0.5) is 0 Å². The fraction of sp³-hybridized carbons (Fsp3) is 0. The number of nitrogens with zero attached hydrogens (tertiary/aromatic N) is 5. The molecule has 12 aromatic rings. The van der Waals surface area contributed by atoms with Crippen LogP contribution >= 0.6 is 0 Å². The van der Waals surface area contributed by atoms with Crippen LogP contribution < -0.4 is 0 Å². The Morgan fingerprint density at radius 1 is 0.333 bits per heavy atom. The van der Waals surface area contributed by atoms with E-state index in [1.54, 1.807) is 0 Å². The molecule has 0 radical (unpaired) electrons. The SMILES string of the molecule is c1ccc(-c2nc(-c3ccccc3)nc(-c3cccc(-n4c5ccccc5c5cc6c(cc54)c4ccc5c7ccccc7oc5c4n6-c4ccccc4)c3)n2)cc1. The Balaban J connectivity index is 1.12. The quantitative estimate of drug-likeness (QED) is 0.177. The molecular weight excluding hydrogens is 699 g/mol. The van der Waals surface area contributed by atoms with Crippen molar-refractivity contribution in [2.24, 2.45) is 0 Å². The first-order valence-electron chi connectivity index (χ1n) is 19.1. The third kappa shape index (κ3) is 4.87. The van der Waals surface area contributed by atoms with E-state index in [2.05, 4.69) is 130 Å². The van der Waals surface area contributed by atoms with Crippen molar-refractivity contribution in [3.63, 3.8) is 0 Å². The molecule has 0 unspecified atom stereocenters. The maximum absolute atomic E-state index is 6.69. The summed E-state index contributed by atoms with van der Waals surface area (Å²) >= 11 is 0. The molecule has 266 valence electrons. The van der Waals surface area contributed by atoms with Crippen molar-refractivity contribution in [3.05, 3.63) is 188 Å². The Labute approximate surface area is 326 Å². The minimum atomic E-state index is 0.619. The van der Waals surface area contributed by atoms with Gasteiger partial charge in [0.25, 0.3) is 0 Å². The van der Waals surface area contributed by atoms with Gasteiger partial charge in [-0.15, -0.1) is 0 Å². The maximum atomic E-state index is 6.69. The Morgan fingerprint density at radius 3 is 1.58 bits per heavy atom. The van der Waals surface area contributed by atoms with E-state index in [1.807, 2.05) is 66.7 Å². The topological polar surface area (TPSA) is 61.7 Å². The van der Waals surface area contributed by atoms with Crippen LogP contribution in [0.5, 0.6) is 0 Å².